The predicted octanol–water partition coefficient (Wildman–Crippen LogP) is 1.06. The van der Waals surface area contributed by atoms with Crippen LogP contribution in [0.1, 0.15) is 16.2 Å². The Morgan fingerprint density at radius 3 is 2.71 bits per heavy atom. The Balaban J connectivity index is 1.94. The molecule has 2 rings (SSSR count). The normalized spacial score (nSPS) is 10.2. The van der Waals surface area contributed by atoms with Gasteiger partial charge in [0.25, 0.3) is 5.91 Å². The Kier molecular flexibility index (Phi) is 3.04. The van der Waals surface area contributed by atoms with Crippen LogP contribution in [0, 0.1) is 5.82 Å². The van der Waals surface area contributed by atoms with E-state index in [9.17, 15) is 9.18 Å². The molecule has 2 aromatic rings. The minimum atomic E-state index is -0.356. The molecule has 0 bridgehead atoms. The third kappa shape index (κ3) is 2.81. The summed E-state index contributed by atoms with van der Waals surface area (Å²) in [5, 5.41) is 2.64. The first-order chi connectivity index (χ1) is 8.15. The average molecular weight is 234 g/mol. The van der Waals surface area contributed by atoms with Crippen molar-refractivity contribution in [3.05, 3.63) is 47.7 Å². The first kappa shape index (κ1) is 11.1. The van der Waals surface area contributed by atoms with Crippen LogP contribution in [-0.4, -0.2) is 15.9 Å². The van der Waals surface area contributed by atoms with Crippen LogP contribution in [0.3, 0.4) is 0 Å². The van der Waals surface area contributed by atoms with Gasteiger partial charge in [0.2, 0.25) is 0 Å². The van der Waals surface area contributed by atoms with Crippen LogP contribution in [0.4, 0.5) is 10.2 Å². The molecule has 4 N–H and O–H groups in total. The van der Waals surface area contributed by atoms with Crippen molar-refractivity contribution in [1.29, 1.82) is 0 Å². The number of rotatable bonds is 3. The van der Waals surface area contributed by atoms with Gasteiger partial charge in [0.1, 0.15) is 11.6 Å². The van der Waals surface area contributed by atoms with E-state index in [2.05, 4.69) is 15.3 Å². The van der Waals surface area contributed by atoms with E-state index in [-0.39, 0.29) is 17.5 Å². The topological polar surface area (TPSA) is 83.8 Å². The number of hydrogen-bond donors (Lipinski definition) is 3. The number of nitrogen functional groups attached to an aromatic ring is 1. The lowest BCUT2D eigenvalue weighted by Crippen LogP contribution is -2.23. The Morgan fingerprint density at radius 2 is 2.12 bits per heavy atom. The summed E-state index contributed by atoms with van der Waals surface area (Å²) < 4.78 is 12.6. The molecule has 1 heterocycles. The van der Waals surface area contributed by atoms with Crippen molar-refractivity contribution in [3.63, 3.8) is 0 Å². The Labute approximate surface area is 96.9 Å². The molecule has 6 heteroatoms. The molecular weight excluding hydrogens is 223 g/mol. The SMILES string of the molecule is Nc1cnc(C(=O)NCc2ccc(F)cc2)[nH]1. The maximum atomic E-state index is 12.6. The highest BCUT2D eigenvalue weighted by atomic mass is 19.1. The number of amides is 1. The molecule has 0 saturated carbocycles. The third-order valence-corrected chi connectivity index (χ3v) is 2.18. The van der Waals surface area contributed by atoms with Crippen LogP contribution in [-0.2, 0) is 6.54 Å². The summed E-state index contributed by atoms with van der Waals surface area (Å²) in [4.78, 5) is 18.0. The number of H-pyrrole nitrogens is 1. The van der Waals surface area contributed by atoms with E-state index < -0.39 is 0 Å². The summed E-state index contributed by atoms with van der Waals surface area (Å²) in [6.07, 6.45) is 1.37. The fraction of sp³-hybridized carbons (Fsp3) is 0.0909. The molecule has 0 saturated heterocycles. The van der Waals surface area contributed by atoms with Crippen molar-refractivity contribution in [3.8, 4) is 0 Å². The zero-order valence-corrected chi connectivity index (χ0v) is 8.90. The second-order valence-corrected chi connectivity index (χ2v) is 3.50. The number of benzene rings is 1. The zero-order valence-electron chi connectivity index (χ0n) is 8.90. The molecular formula is C11H11FN4O. The van der Waals surface area contributed by atoms with E-state index >= 15 is 0 Å². The molecule has 0 spiro atoms. The molecule has 0 atom stereocenters. The van der Waals surface area contributed by atoms with Gasteiger partial charge in [0, 0.05) is 6.54 Å². The minimum Gasteiger partial charge on any atom is -0.384 e. The van der Waals surface area contributed by atoms with E-state index in [1.165, 1.54) is 18.3 Å². The number of nitrogens with one attached hydrogen (secondary N) is 2. The smallest absolute Gasteiger partial charge is 0.287 e. The zero-order chi connectivity index (χ0) is 12.3. The lowest BCUT2D eigenvalue weighted by atomic mass is 10.2. The number of carbonyl (C=O) groups is 1. The van der Waals surface area contributed by atoms with Crippen LogP contribution in [0.25, 0.3) is 0 Å². The number of aromatic nitrogens is 2. The van der Waals surface area contributed by atoms with Gasteiger partial charge in [-0.25, -0.2) is 9.37 Å². The van der Waals surface area contributed by atoms with Gasteiger partial charge >= 0.3 is 0 Å². The van der Waals surface area contributed by atoms with Crippen LogP contribution in [0.5, 0.6) is 0 Å². The Morgan fingerprint density at radius 1 is 1.41 bits per heavy atom. The van der Waals surface area contributed by atoms with Gasteiger partial charge < -0.3 is 16.0 Å². The van der Waals surface area contributed by atoms with E-state index in [1.807, 2.05) is 0 Å². The predicted molar refractivity (Wildman–Crippen MR) is 60.6 cm³/mol. The number of nitrogens with two attached hydrogens (primary N) is 1. The molecule has 1 amide bonds. The number of aromatic amines is 1. The number of anilines is 1. The standard InChI is InChI=1S/C11H11FN4O/c12-8-3-1-7(2-4-8)5-15-11(17)10-14-6-9(13)16-10/h1-4,6H,5,13H2,(H,14,16)(H,15,17). The van der Waals surface area contributed by atoms with Gasteiger partial charge in [0.15, 0.2) is 5.82 Å². The monoisotopic (exact) mass is 234 g/mol. The summed E-state index contributed by atoms with van der Waals surface area (Å²) in [6, 6.07) is 5.89. The molecule has 5 nitrogen and oxygen atoms in total. The summed E-state index contributed by atoms with van der Waals surface area (Å²) in [7, 11) is 0. The first-order valence-corrected chi connectivity index (χ1v) is 4.98. The van der Waals surface area contributed by atoms with Crippen LogP contribution >= 0.6 is 0 Å². The lowest BCUT2D eigenvalue weighted by Gasteiger charge is -2.03. The van der Waals surface area contributed by atoms with E-state index in [0.717, 1.165) is 5.56 Å². The summed E-state index contributed by atoms with van der Waals surface area (Å²) >= 11 is 0. The Bertz CT molecular complexity index is 521. The second-order valence-electron chi connectivity index (χ2n) is 3.50. The van der Waals surface area contributed by atoms with Crippen molar-refractivity contribution in [2.45, 2.75) is 6.54 Å². The number of nitrogens with zero attached hydrogens (tertiary/aromatic N) is 1. The quantitative estimate of drug-likeness (QED) is 0.742. The number of hydrogen-bond acceptors (Lipinski definition) is 3. The van der Waals surface area contributed by atoms with Crippen molar-refractivity contribution in [2.75, 3.05) is 5.73 Å². The average Bonchev–Trinajstić information content (AvgIpc) is 2.75. The number of halogens is 1. The van der Waals surface area contributed by atoms with Gasteiger partial charge in [0.05, 0.1) is 6.20 Å². The summed E-state index contributed by atoms with van der Waals surface area (Å²) in [5.74, 6) is -0.175. The van der Waals surface area contributed by atoms with Crippen molar-refractivity contribution >= 4 is 11.7 Å². The lowest BCUT2D eigenvalue weighted by molar-refractivity contribution is 0.0941. The van der Waals surface area contributed by atoms with Crippen LogP contribution in [0.15, 0.2) is 30.5 Å². The fourth-order valence-electron chi connectivity index (χ4n) is 1.32. The van der Waals surface area contributed by atoms with Gasteiger partial charge in [-0.05, 0) is 17.7 Å². The van der Waals surface area contributed by atoms with Crippen LogP contribution < -0.4 is 11.1 Å². The van der Waals surface area contributed by atoms with Crippen LogP contribution in [0.2, 0.25) is 0 Å². The molecule has 0 fully saturated rings. The highest BCUT2D eigenvalue weighted by Crippen LogP contribution is 2.03. The minimum absolute atomic E-state index is 0.157. The second kappa shape index (κ2) is 4.65. The molecule has 0 aliphatic carbocycles. The summed E-state index contributed by atoms with van der Waals surface area (Å²) in [6.45, 7) is 0.305. The van der Waals surface area contributed by atoms with E-state index in [1.54, 1.807) is 12.1 Å². The van der Waals surface area contributed by atoms with E-state index in [0.29, 0.717) is 12.4 Å². The van der Waals surface area contributed by atoms with E-state index in [4.69, 9.17) is 5.73 Å². The van der Waals surface area contributed by atoms with Gasteiger partial charge in [-0.2, -0.15) is 0 Å². The van der Waals surface area contributed by atoms with Crippen molar-refractivity contribution in [1.82, 2.24) is 15.3 Å². The largest absolute Gasteiger partial charge is 0.384 e. The molecule has 0 aliphatic heterocycles. The molecule has 1 aromatic heterocycles. The highest BCUT2D eigenvalue weighted by molar-refractivity contribution is 5.90. The Hall–Kier alpha value is -2.37. The van der Waals surface area contributed by atoms with Crippen molar-refractivity contribution < 1.29 is 9.18 Å². The highest BCUT2D eigenvalue weighted by Gasteiger charge is 2.08. The maximum absolute atomic E-state index is 12.6. The van der Waals surface area contributed by atoms with Gasteiger partial charge in [-0.3, -0.25) is 4.79 Å². The summed E-state index contributed by atoms with van der Waals surface area (Å²) in [5.41, 5.74) is 6.21. The molecule has 0 radical (unpaired) electrons. The molecule has 1 aromatic carbocycles. The molecule has 88 valence electrons. The number of carbonyl (C=O) groups excluding carboxylic acids is 1. The maximum Gasteiger partial charge on any atom is 0.287 e. The molecule has 0 aliphatic rings. The molecule has 0 unspecified atom stereocenters. The fourth-order valence-corrected chi connectivity index (χ4v) is 1.32. The molecule has 17 heavy (non-hydrogen) atoms. The first-order valence-electron chi connectivity index (χ1n) is 4.98. The van der Waals surface area contributed by atoms with Gasteiger partial charge in [-0.1, -0.05) is 12.1 Å². The number of imidazole rings is 1. The third-order valence-electron chi connectivity index (χ3n) is 2.18. The van der Waals surface area contributed by atoms with Crippen molar-refractivity contribution in [2.24, 2.45) is 0 Å². The van der Waals surface area contributed by atoms with Gasteiger partial charge in [-0.15, -0.1) is 0 Å².